The van der Waals surface area contributed by atoms with Crippen LogP contribution in [0.25, 0.3) is 0 Å². The second-order valence-corrected chi connectivity index (χ2v) is 6.31. The SMILES string of the molecule is CCCOc1cccc(N(CC)c2ncc(C(F)(F)F)c(OC(C)CC)n2)c1. The fourth-order valence-electron chi connectivity index (χ4n) is 2.45. The molecule has 0 N–H and O–H groups in total. The quantitative estimate of drug-likeness (QED) is 0.550. The number of aromatic nitrogens is 2. The van der Waals surface area contributed by atoms with Crippen molar-refractivity contribution in [1.29, 1.82) is 0 Å². The molecule has 1 heterocycles. The largest absolute Gasteiger partial charge is 0.494 e. The highest BCUT2D eigenvalue weighted by Gasteiger charge is 2.37. The summed E-state index contributed by atoms with van der Waals surface area (Å²) < 4.78 is 51.1. The molecule has 0 fully saturated rings. The lowest BCUT2D eigenvalue weighted by Crippen LogP contribution is -2.22. The van der Waals surface area contributed by atoms with Crippen molar-refractivity contribution in [3.8, 4) is 11.6 Å². The van der Waals surface area contributed by atoms with E-state index in [0.717, 1.165) is 18.3 Å². The molecule has 1 aromatic carbocycles. The van der Waals surface area contributed by atoms with Crippen LogP contribution in [-0.4, -0.2) is 29.2 Å². The number of rotatable bonds is 9. The van der Waals surface area contributed by atoms with Crippen LogP contribution < -0.4 is 14.4 Å². The molecule has 0 saturated carbocycles. The molecule has 0 aliphatic carbocycles. The third-order valence-corrected chi connectivity index (χ3v) is 4.09. The molecule has 154 valence electrons. The van der Waals surface area contributed by atoms with E-state index in [-0.39, 0.29) is 5.95 Å². The summed E-state index contributed by atoms with van der Waals surface area (Å²) in [6, 6.07) is 7.30. The standard InChI is InChI=1S/C20H26F3N3O2/c1-5-11-27-16-10-8-9-15(12-16)26(7-3)19-24-13-17(20(21,22)23)18(25-19)28-14(4)6-2/h8-10,12-14H,5-7,11H2,1-4H3. The molecule has 2 aromatic rings. The third kappa shape index (κ3) is 5.50. The fraction of sp³-hybridized carbons (Fsp3) is 0.500. The van der Waals surface area contributed by atoms with Crippen LogP contribution in [0.4, 0.5) is 24.8 Å². The number of alkyl halides is 3. The zero-order chi connectivity index (χ0) is 20.7. The van der Waals surface area contributed by atoms with Gasteiger partial charge in [-0.1, -0.05) is 19.9 Å². The van der Waals surface area contributed by atoms with E-state index in [0.29, 0.717) is 25.3 Å². The van der Waals surface area contributed by atoms with E-state index in [1.165, 1.54) is 0 Å². The lowest BCUT2D eigenvalue weighted by Gasteiger charge is -2.23. The first-order chi connectivity index (χ1) is 13.3. The van der Waals surface area contributed by atoms with E-state index < -0.39 is 23.7 Å². The summed E-state index contributed by atoms with van der Waals surface area (Å²) in [5, 5.41) is 0. The molecule has 0 spiro atoms. The molecular formula is C20H26F3N3O2. The van der Waals surface area contributed by atoms with E-state index in [9.17, 15) is 13.2 Å². The van der Waals surface area contributed by atoms with Crippen molar-refractivity contribution in [3.05, 3.63) is 36.0 Å². The maximum absolute atomic E-state index is 13.3. The van der Waals surface area contributed by atoms with Crippen LogP contribution in [-0.2, 0) is 6.18 Å². The van der Waals surface area contributed by atoms with Crippen molar-refractivity contribution in [2.45, 2.75) is 52.8 Å². The van der Waals surface area contributed by atoms with Gasteiger partial charge in [0.15, 0.2) is 0 Å². The Morgan fingerprint density at radius 2 is 1.93 bits per heavy atom. The summed E-state index contributed by atoms with van der Waals surface area (Å²) in [6.45, 7) is 8.46. The average molecular weight is 397 g/mol. The molecule has 8 heteroatoms. The topological polar surface area (TPSA) is 47.5 Å². The van der Waals surface area contributed by atoms with Crippen molar-refractivity contribution in [3.63, 3.8) is 0 Å². The van der Waals surface area contributed by atoms with Crippen molar-refractivity contribution in [2.24, 2.45) is 0 Å². The maximum Gasteiger partial charge on any atom is 0.423 e. The van der Waals surface area contributed by atoms with Crippen LogP contribution in [0.2, 0.25) is 0 Å². The number of ether oxygens (including phenoxy) is 2. The first kappa shape index (κ1) is 21.8. The van der Waals surface area contributed by atoms with Crippen LogP contribution in [0, 0.1) is 0 Å². The van der Waals surface area contributed by atoms with Gasteiger partial charge in [0, 0.05) is 24.5 Å². The number of hydrogen-bond donors (Lipinski definition) is 0. The van der Waals surface area contributed by atoms with Gasteiger partial charge in [-0.05, 0) is 38.8 Å². The average Bonchev–Trinajstić information content (AvgIpc) is 2.66. The minimum atomic E-state index is -4.59. The minimum absolute atomic E-state index is 0.140. The zero-order valence-electron chi connectivity index (χ0n) is 16.6. The molecule has 1 unspecified atom stereocenters. The first-order valence-electron chi connectivity index (χ1n) is 9.41. The van der Waals surface area contributed by atoms with Crippen molar-refractivity contribution in [1.82, 2.24) is 9.97 Å². The molecular weight excluding hydrogens is 371 g/mol. The van der Waals surface area contributed by atoms with Crippen molar-refractivity contribution < 1.29 is 22.6 Å². The number of halogens is 3. The Labute approximate surface area is 163 Å². The van der Waals surface area contributed by atoms with Gasteiger partial charge in [0.05, 0.1) is 12.7 Å². The number of hydrogen-bond acceptors (Lipinski definition) is 5. The highest BCUT2D eigenvalue weighted by molar-refractivity contribution is 5.59. The van der Waals surface area contributed by atoms with Crippen LogP contribution >= 0.6 is 0 Å². The van der Waals surface area contributed by atoms with Crippen molar-refractivity contribution >= 4 is 11.6 Å². The molecule has 0 aliphatic heterocycles. The van der Waals surface area contributed by atoms with Gasteiger partial charge >= 0.3 is 6.18 Å². The highest BCUT2D eigenvalue weighted by Crippen LogP contribution is 2.37. The van der Waals surface area contributed by atoms with E-state index in [4.69, 9.17) is 9.47 Å². The number of benzene rings is 1. The minimum Gasteiger partial charge on any atom is -0.494 e. The first-order valence-corrected chi connectivity index (χ1v) is 9.41. The Kier molecular flexibility index (Phi) is 7.48. The molecule has 0 saturated heterocycles. The summed E-state index contributed by atoms with van der Waals surface area (Å²) in [4.78, 5) is 9.76. The Morgan fingerprint density at radius 1 is 1.18 bits per heavy atom. The van der Waals surface area contributed by atoms with Gasteiger partial charge in [0.2, 0.25) is 11.8 Å². The summed E-state index contributed by atoms with van der Waals surface area (Å²) >= 11 is 0. The summed E-state index contributed by atoms with van der Waals surface area (Å²) in [5.74, 6) is 0.367. The van der Waals surface area contributed by atoms with E-state index in [1.54, 1.807) is 11.8 Å². The van der Waals surface area contributed by atoms with E-state index >= 15 is 0 Å². The van der Waals surface area contributed by atoms with Crippen LogP contribution in [0.15, 0.2) is 30.5 Å². The molecule has 5 nitrogen and oxygen atoms in total. The Bertz CT molecular complexity index is 769. The van der Waals surface area contributed by atoms with Gasteiger partial charge in [-0.3, -0.25) is 0 Å². The van der Waals surface area contributed by atoms with E-state index in [2.05, 4.69) is 9.97 Å². The van der Waals surface area contributed by atoms with Crippen molar-refractivity contribution in [2.75, 3.05) is 18.1 Å². The Hall–Kier alpha value is -2.51. The third-order valence-electron chi connectivity index (χ3n) is 4.09. The molecule has 1 aromatic heterocycles. The number of anilines is 2. The second kappa shape index (κ2) is 9.61. The van der Waals surface area contributed by atoms with Crippen LogP contribution in [0.1, 0.15) is 46.1 Å². The van der Waals surface area contributed by atoms with Gasteiger partial charge in [-0.15, -0.1) is 0 Å². The molecule has 28 heavy (non-hydrogen) atoms. The van der Waals surface area contributed by atoms with Crippen LogP contribution in [0.3, 0.4) is 0 Å². The van der Waals surface area contributed by atoms with Gasteiger partial charge < -0.3 is 14.4 Å². The normalized spacial score (nSPS) is 12.5. The molecule has 0 amide bonds. The molecule has 1 atom stereocenters. The Morgan fingerprint density at radius 3 is 2.54 bits per heavy atom. The van der Waals surface area contributed by atoms with Gasteiger partial charge in [0.25, 0.3) is 0 Å². The molecule has 0 aliphatic rings. The summed E-state index contributed by atoms with van der Waals surface area (Å²) in [7, 11) is 0. The fourth-order valence-corrected chi connectivity index (χ4v) is 2.45. The smallest absolute Gasteiger partial charge is 0.423 e. The van der Waals surface area contributed by atoms with Crippen LogP contribution in [0.5, 0.6) is 11.6 Å². The molecule has 0 bridgehead atoms. The molecule has 2 rings (SSSR count). The Balaban J connectivity index is 2.42. The monoisotopic (exact) mass is 397 g/mol. The summed E-state index contributed by atoms with van der Waals surface area (Å²) in [6.07, 6.45) is -2.78. The zero-order valence-corrected chi connectivity index (χ0v) is 16.6. The maximum atomic E-state index is 13.3. The predicted octanol–water partition coefficient (Wildman–Crippen LogP) is 5.62. The lowest BCUT2D eigenvalue weighted by molar-refractivity contribution is -0.139. The van der Waals surface area contributed by atoms with E-state index in [1.807, 2.05) is 45.0 Å². The molecule has 0 radical (unpaired) electrons. The summed E-state index contributed by atoms with van der Waals surface area (Å²) in [5.41, 5.74) is -0.252. The second-order valence-electron chi connectivity index (χ2n) is 6.31. The highest BCUT2D eigenvalue weighted by atomic mass is 19.4. The van der Waals surface area contributed by atoms with Gasteiger partial charge in [0.1, 0.15) is 11.3 Å². The lowest BCUT2D eigenvalue weighted by atomic mass is 10.2. The van der Waals surface area contributed by atoms with Gasteiger partial charge in [-0.25, -0.2) is 4.98 Å². The van der Waals surface area contributed by atoms with Gasteiger partial charge in [-0.2, -0.15) is 18.2 Å². The number of nitrogens with zero attached hydrogens (tertiary/aromatic N) is 3. The predicted molar refractivity (Wildman–Crippen MR) is 102 cm³/mol.